The average molecular weight is 257 g/mol. The van der Waals surface area contributed by atoms with Gasteiger partial charge in [-0.1, -0.05) is 19.9 Å². The second-order valence-corrected chi connectivity index (χ2v) is 4.70. The van der Waals surface area contributed by atoms with Gasteiger partial charge in [-0.25, -0.2) is 4.98 Å². The van der Waals surface area contributed by atoms with E-state index in [1.807, 2.05) is 30.5 Å². The van der Waals surface area contributed by atoms with Gasteiger partial charge in [-0.3, -0.25) is 0 Å². The standard InChI is InChI=1S/C15H15NO3/c1-10(2)11-3-6-15(16-8-11)19-12-4-5-13-14(7-12)18-9-17-13/h3-8,10H,9H2,1-2H3. The van der Waals surface area contributed by atoms with Crippen LogP contribution in [0.3, 0.4) is 0 Å². The molecule has 2 heterocycles. The molecule has 0 fully saturated rings. The third-order valence-electron chi connectivity index (χ3n) is 2.99. The molecule has 0 unspecified atom stereocenters. The molecule has 0 saturated heterocycles. The first-order chi connectivity index (χ1) is 9.22. The van der Waals surface area contributed by atoms with Gasteiger partial charge in [0.05, 0.1) is 0 Å². The van der Waals surface area contributed by atoms with Crippen LogP contribution in [-0.4, -0.2) is 11.8 Å². The molecule has 0 atom stereocenters. The normalized spacial score (nSPS) is 12.8. The van der Waals surface area contributed by atoms with E-state index >= 15 is 0 Å². The smallest absolute Gasteiger partial charge is 0.231 e. The number of rotatable bonds is 3. The Labute approximate surface area is 112 Å². The SMILES string of the molecule is CC(C)c1ccc(Oc2ccc3c(c2)OCO3)nc1. The molecular weight excluding hydrogens is 242 g/mol. The van der Waals surface area contributed by atoms with Gasteiger partial charge in [-0.15, -0.1) is 0 Å². The molecule has 1 aromatic heterocycles. The fraction of sp³-hybridized carbons (Fsp3) is 0.267. The monoisotopic (exact) mass is 257 g/mol. The van der Waals surface area contributed by atoms with Gasteiger partial charge in [0.1, 0.15) is 5.75 Å². The minimum atomic E-state index is 0.264. The van der Waals surface area contributed by atoms with Crippen molar-refractivity contribution >= 4 is 0 Å². The lowest BCUT2D eigenvalue weighted by molar-refractivity contribution is 0.174. The largest absolute Gasteiger partial charge is 0.454 e. The van der Waals surface area contributed by atoms with Crippen LogP contribution in [0.1, 0.15) is 25.3 Å². The van der Waals surface area contributed by atoms with Crippen LogP contribution in [0.25, 0.3) is 0 Å². The van der Waals surface area contributed by atoms with Crippen LogP contribution < -0.4 is 14.2 Å². The van der Waals surface area contributed by atoms with Crippen molar-refractivity contribution in [1.29, 1.82) is 0 Å². The number of fused-ring (bicyclic) bond motifs is 1. The first kappa shape index (κ1) is 11.8. The van der Waals surface area contributed by atoms with Crippen LogP contribution in [0.5, 0.6) is 23.1 Å². The number of hydrogen-bond donors (Lipinski definition) is 0. The quantitative estimate of drug-likeness (QED) is 0.840. The third-order valence-corrected chi connectivity index (χ3v) is 2.99. The highest BCUT2D eigenvalue weighted by Gasteiger charge is 2.14. The van der Waals surface area contributed by atoms with Crippen molar-refractivity contribution in [1.82, 2.24) is 4.98 Å². The fourth-order valence-corrected chi connectivity index (χ4v) is 1.85. The van der Waals surface area contributed by atoms with Crippen LogP contribution in [-0.2, 0) is 0 Å². The highest BCUT2D eigenvalue weighted by molar-refractivity contribution is 5.47. The molecule has 3 rings (SSSR count). The number of aromatic nitrogens is 1. The summed E-state index contributed by atoms with van der Waals surface area (Å²) in [5, 5.41) is 0. The van der Waals surface area contributed by atoms with Crippen molar-refractivity contribution in [3.8, 4) is 23.1 Å². The van der Waals surface area contributed by atoms with Gasteiger partial charge < -0.3 is 14.2 Å². The summed E-state index contributed by atoms with van der Waals surface area (Å²) >= 11 is 0. The Morgan fingerprint density at radius 2 is 1.95 bits per heavy atom. The molecule has 0 saturated carbocycles. The molecule has 4 nitrogen and oxygen atoms in total. The predicted molar refractivity (Wildman–Crippen MR) is 71.0 cm³/mol. The maximum Gasteiger partial charge on any atom is 0.231 e. The van der Waals surface area contributed by atoms with Gasteiger partial charge in [0.2, 0.25) is 12.7 Å². The Kier molecular flexibility index (Phi) is 2.99. The summed E-state index contributed by atoms with van der Waals surface area (Å²) in [6, 6.07) is 9.38. The van der Waals surface area contributed by atoms with E-state index in [-0.39, 0.29) is 6.79 Å². The maximum atomic E-state index is 5.69. The zero-order valence-electron chi connectivity index (χ0n) is 10.9. The summed E-state index contributed by atoms with van der Waals surface area (Å²) in [6.45, 7) is 4.53. The molecule has 1 aromatic carbocycles. The Balaban J connectivity index is 1.77. The number of pyridine rings is 1. The van der Waals surface area contributed by atoms with Crippen molar-refractivity contribution in [2.45, 2.75) is 19.8 Å². The van der Waals surface area contributed by atoms with Crippen molar-refractivity contribution in [2.75, 3.05) is 6.79 Å². The Morgan fingerprint density at radius 1 is 1.11 bits per heavy atom. The summed E-state index contributed by atoms with van der Waals surface area (Å²) in [5.74, 6) is 3.18. The van der Waals surface area contributed by atoms with Crippen LogP contribution in [0, 0.1) is 0 Å². The van der Waals surface area contributed by atoms with Crippen LogP contribution in [0.15, 0.2) is 36.5 Å². The second kappa shape index (κ2) is 4.80. The molecule has 1 aliphatic rings. The number of nitrogens with zero attached hydrogens (tertiary/aromatic N) is 1. The summed E-state index contributed by atoms with van der Waals surface area (Å²) in [6.07, 6.45) is 1.84. The van der Waals surface area contributed by atoms with Gasteiger partial charge in [-0.2, -0.15) is 0 Å². The molecular formula is C15H15NO3. The molecule has 0 spiro atoms. The lowest BCUT2D eigenvalue weighted by Gasteiger charge is -2.08. The van der Waals surface area contributed by atoms with E-state index in [9.17, 15) is 0 Å². The number of ether oxygens (including phenoxy) is 3. The van der Waals surface area contributed by atoms with E-state index in [0.29, 0.717) is 23.3 Å². The molecule has 0 amide bonds. The van der Waals surface area contributed by atoms with E-state index in [1.54, 1.807) is 6.07 Å². The molecule has 19 heavy (non-hydrogen) atoms. The van der Waals surface area contributed by atoms with Gasteiger partial charge >= 0.3 is 0 Å². The first-order valence-corrected chi connectivity index (χ1v) is 6.26. The van der Waals surface area contributed by atoms with Gasteiger partial charge in [0.15, 0.2) is 11.5 Å². The molecule has 1 aliphatic heterocycles. The average Bonchev–Trinajstić information content (AvgIpc) is 2.87. The second-order valence-electron chi connectivity index (χ2n) is 4.70. The van der Waals surface area contributed by atoms with Crippen LogP contribution >= 0.6 is 0 Å². The predicted octanol–water partition coefficient (Wildman–Crippen LogP) is 3.73. The Morgan fingerprint density at radius 3 is 2.68 bits per heavy atom. The lowest BCUT2D eigenvalue weighted by atomic mass is 10.1. The summed E-state index contributed by atoms with van der Waals surface area (Å²) in [5.41, 5.74) is 1.19. The van der Waals surface area contributed by atoms with Gasteiger partial charge in [-0.05, 0) is 23.6 Å². The van der Waals surface area contributed by atoms with E-state index in [4.69, 9.17) is 14.2 Å². The highest BCUT2D eigenvalue weighted by atomic mass is 16.7. The number of benzene rings is 1. The molecule has 4 heteroatoms. The van der Waals surface area contributed by atoms with Crippen LogP contribution in [0.4, 0.5) is 0 Å². The van der Waals surface area contributed by atoms with Crippen molar-refractivity contribution in [3.05, 3.63) is 42.1 Å². The summed E-state index contributed by atoms with van der Waals surface area (Å²) < 4.78 is 16.2. The fourth-order valence-electron chi connectivity index (χ4n) is 1.85. The van der Waals surface area contributed by atoms with Crippen LogP contribution in [0.2, 0.25) is 0 Å². The zero-order valence-corrected chi connectivity index (χ0v) is 10.9. The topological polar surface area (TPSA) is 40.6 Å². The molecule has 0 aliphatic carbocycles. The first-order valence-electron chi connectivity index (χ1n) is 6.26. The van der Waals surface area contributed by atoms with Gasteiger partial charge in [0.25, 0.3) is 0 Å². The van der Waals surface area contributed by atoms with Crippen molar-refractivity contribution in [3.63, 3.8) is 0 Å². The van der Waals surface area contributed by atoms with Crippen molar-refractivity contribution in [2.24, 2.45) is 0 Å². The third kappa shape index (κ3) is 2.47. The van der Waals surface area contributed by atoms with E-state index < -0.39 is 0 Å². The molecule has 2 aromatic rings. The molecule has 98 valence electrons. The highest BCUT2D eigenvalue weighted by Crippen LogP contribution is 2.36. The Hall–Kier alpha value is -2.23. The number of hydrogen-bond acceptors (Lipinski definition) is 4. The molecule has 0 radical (unpaired) electrons. The molecule has 0 bridgehead atoms. The van der Waals surface area contributed by atoms with E-state index in [1.165, 1.54) is 5.56 Å². The van der Waals surface area contributed by atoms with E-state index in [2.05, 4.69) is 18.8 Å². The minimum Gasteiger partial charge on any atom is -0.454 e. The van der Waals surface area contributed by atoms with E-state index in [0.717, 1.165) is 5.75 Å². The maximum absolute atomic E-state index is 5.69. The Bertz CT molecular complexity index is 578. The zero-order chi connectivity index (χ0) is 13.2. The lowest BCUT2D eigenvalue weighted by Crippen LogP contribution is -1.93. The minimum absolute atomic E-state index is 0.264. The molecule has 0 N–H and O–H groups in total. The van der Waals surface area contributed by atoms with Gasteiger partial charge in [0, 0.05) is 18.3 Å². The summed E-state index contributed by atoms with van der Waals surface area (Å²) in [7, 11) is 0. The van der Waals surface area contributed by atoms with Crippen molar-refractivity contribution < 1.29 is 14.2 Å². The summed E-state index contributed by atoms with van der Waals surface area (Å²) in [4.78, 5) is 4.29.